The van der Waals surface area contributed by atoms with E-state index in [1.54, 1.807) is 24.4 Å². The molecule has 3 heterocycles. The highest BCUT2D eigenvalue weighted by Gasteiger charge is 2.17. The van der Waals surface area contributed by atoms with Crippen LogP contribution in [-0.2, 0) is 0 Å². The Balaban J connectivity index is 1.33. The first-order chi connectivity index (χ1) is 14.7. The van der Waals surface area contributed by atoms with Gasteiger partial charge in [0, 0.05) is 38.9 Å². The van der Waals surface area contributed by atoms with Crippen LogP contribution < -0.4 is 9.47 Å². The molecule has 1 aromatic carbocycles. The van der Waals surface area contributed by atoms with Crippen LogP contribution in [0.1, 0.15) is 15.2 Å². The van der Waals surface area contributed by atoms with E-state index in [-0.39, 0.29) is 5.78 Å². The fraction of sp³-hybridized carbons (Fsp3) is 0.304. The number of aromatic nitrogens is 1. The fourth-order valence-corrected chi connectivity index (χ4v) is 3.94. The number of carbonyl (C=O) groups is 1. The van der Waals surface area contributed by atoms with E-state index < -0.39 is 0 Å². The highest BCUT2D eigenvalue weighted by Crippen LogP contribution is 2.27. The van der Waals surface area contributed by atoms with Gasteiger partial charge in [-0.15, -0.1) is 11.3 Å². The number of hydrogen-bond acceptors (Lipinski definition) is 7. The summed E-state index contributed by atoms with van der Waals surface area (Å²) in [5.74, 6) is 1.63. The molecule has 2 aromatic heterocycles. The predicted molar refractivity (Wildman–Crippen MR) is 118 cm³/mol. The van der Waals surface area contributed by atoms with E-state index in [4.69, 9.17) is 9.47 Å². The van der Waals surface area contributed by atoms with Gasteiger partial charge in [-0.2, -0.15) is 0 Å². The van der Waals surface area contributed by atoms with E-state index in [0.29, 0.717) is 28.7 Å². The molecule has 156 valence electrons. The standard InChI is InChI=1S/C23H25N3O3S/c1-25-11-13-26(14-12-25)15-16-28-18-6-8-19(9-7-18)29-23-20(4-2-10-24-23)22(27)21-5-3-17-30-21/h2-10,17H,11-16H2,1H3. The molecule has 4 rings (SSSR count). The van der Waals surface area contributed by atoms with Crippen molar-refractivity contribution < 1.29 is 14.3 Å². The smallest absolute Gasteiger partial charge is 0.230 e. The minimum absolute atomic E-state index is 0.0861. The SMILES string of the molecule is CN1CCN(CCOc2ccc(Oc3ncccc3C(=O)c3cccs3)cc2)CC1. The number of likely N-dealkylation sites (N-methyl/N-ethyl adjacent to an activating group) is 1. The number of hydrogen-bond donors (Lipinski definition) is 0. The van der Waals surface area contributed by atoms with Gasteiger partial charge in [0.15, 0.2) is 0 Å². The Morgan fingerprint density at radius 1 is 1.03 bits per heavy atom. The quantitative estimate of drug-likeness (QED) is 0.514. The van der Waals surface area contributed by atoms with Gasteiger partial charge < -0.3 is 14.4 Å². The Labute approximate surface area is 180 Å². The number of benzene rings is 1. The van der Waals surface area contributed by atoms with Crippen LogP contribution in [0.15, 0.2) is 60.1 Å². The van der Waals surface area contributed by atoms with Crippen LogP contribution in [0.2, 0.25) is 0 Å². The summed E-state index contributed by atoms with van der Waals surface area (Å²) in [6.07, 6.45) is 1.62. The van der Waals surface area contributed by atoms with Crippen molar-refractivity contribution >= 4 is 17.1 Å². The number of nitrogens with zero attached hydrogens (tertiary/aromatic N) is 3. The normalized spacial score (nSPS) is 15.1. The third-order valence-electron chi connectivity index (χ3n) is 5.07. The number of pyridine rings is 1. The highest BCUT2D eigenvalue weighted by atomic mass is 32.1. The highest BCUT2D eigenvalue weighted by molar-refractivity contribution is 7.12. The third-order valence-corrected chi connectivity index (χ3v) is 5.94. The molecule has 0 bridgehead atoms. The van der Waals surface area contributed by atoms with Gasteiger partial charge in [0.2, 0.25) is 11.7 Å². The number of ketones is 1. The van der Waals surface area contributed by atoms with Gasteiger partial charge in [0.1, 0.15) is 18.1 Å². The Bertz CT molecular complexity index is 952. The molecule has 0 aliphatic carbocycles. The van der Waals surface area contributed by atoms with Crippen molar-refractivity contribution in [2.45, 2.75) is 0 Å². The lowest BCUT2D eigenvalue weighted by Crippen LogP contribution is -2.45. The summed E-state index contributed by atoms with van der Waals surface area (Å²) in [4.78, 5) is 22.4. The van der Waals surface area contributed by atoms with Gasteiger partial charge >= 0.3 is 0 Å². The maximum absolute atomic E-state index is 12.7. The van der Waals surface area contributed by atoms with E-state index in [0.717, 1.165) is 38.5 Å². The monoisotopic (exact) mass is 423 g/mol. The average Bonchev–Trinajstić information content (AvgIpc) is 3.31. The molecule has 30 heavy (non-hydrogen) atoms. The van der Waals surface area contributed by atoms with Crippen LogP contribution in [0.25, 0.3) is 0 Å². The zero-order valence-corrected chi connectivity index (χ0v) is 17.8. The summed E-state index contributed by atoms with van der Waals surface area (Å²) in [6.45, 7) is 5.97. The number of piperazine rings is 1. The van der Waals surface area contributed by atoms with Crippen molar-refractivity contribution in [3.8, 4) is 17.4 Å². The minimum atomic E-state index is -0.0861. The lowest BCUT2D eigenvalue weighted by molar-refractivity contribution is 0.103. The largest absolute Gasteiger partial charge is 0.492 e. The Hall–Kier alpha value is -2.74. The maximum atomic E-state index is 12.7. The molecule has 0 amide bonds. The third kappa shape index (κ3) is 5.24. The summed E-state index contributed by atoms with van der Waals surface area (Å²) < 4.78 is 11.8. The number of ether oxygens (including phenoxy) is 2. The molecule has 1 aliphatic rings. The van der Waals surface area contributed by atoms with Crippen molar-refractivity contribution in [3.63, 3.8) is 0 Å². The lowest BCUT2D eigenvalue weighted by atomic mass is 10.1. The summed E-state index contributed by atoms with van der Waals surface area (Å²) in [6, 6.07) is 14.6. The summed E-state index contributed by atoms with van der Waals surface area (Å²) in [7, 11) is 2.16. The minimum Gasteiger partial charge on any atom is -0.492 e. The molecule has 0 unspecified atom stereocenters. The molecular formula is C23H25N3O3S. The van der Waals surface area contributed by atoms with Crippen molar-refractivity contribution in [1.29, 1.82) is 0 Å². The summed E-state index contributed by atoms with van der Waals surface area (Å²) in [5, 5.41) is 1.88. The zero-order valence-electron chi connectivity index (χ0n) is 17.0. The molecule has 0 radical (unpaired) electrons. The molecule has 0 saturated carbocycles. The molecule has 6 nitrogen and oxygen atoms in total. The van der Waals surface area contributed by atoms with Crippen molar-refractivity contribution in [1.82, 2.24) is 14.8 Å². The first-order valence-corrected chi connectivity index (χ1v) is 10.9. The maximum Gasteiger partial charge on any atom is 0.230 e. The number of carbonyl (C=O) groups excluding carboxylic acids is 1. The van der Waals surface area contributed by atoms with E-state index in [1.165, 1.54) is 11.3 Å². The number of thiophene rings is 1. The molecule has 1 fully saturated rings. The van der Waals surface area contributed by atoms with Gasteiger partial charge in [-0.3, -0.25) is 9.69 Å². The van der Waals surface area contributed by atoms with Crippen LogP contribution in [0, 0.1) is 0 Å². The van der Waals surface area contributed by atoms with Gasteiger partial charge in [-0.1, -0.05) is 6.07 Å². The second kappa shape index (κ2) is 9.84. The van der Waals surface area contributed by atoms with E-state index in [9.17, 15) is 4.79 Å². The molecule has 0 atom stereocenters. The Kier molecular flexibility index (Phi) is 6.74. The summed E-state index contributed by atoms with van der Waals surface area (Å²) in [5.41, 5.74) is 0.451. The molecule has 1 saturated heterocycles. The van der Waals surface area contributed by atoms with Crippen LogP contribution in [0.4, 0.5) is 0 Å². The molecular weight excluding hydrogens is 398 g/mol. The second-order valence-corrected chi connectivity index (χ2v) is 8.18. The van der Waals surface area contributed by atoms with Gasteiger partial charge in [0.25, 0.3) is 0 Å². The Morgan fingerprint density at radius 2 is 1.80 bits per heavy atom. The topological polar surface area (TPSA) is 54.9 Å². The van der Waals surface area contributed by atoms with Crippen molar-refractivity contribution in [2.24, 2.45) is 0 Å². The molecule has 0 N–H and O–H groups in total. The van der Waals surface area contributed by atoms with Crippen molar-refractivity contribution in [2.75, 3.05) is 46.4 Å². The van der Waals surface area contributed by atoms with Crippen LogP contribution in [0.3, 0.4) is 0 Å². The zero-order chi connectivity index (χ0) is 20.8. The second-order valence-electron chi connectivity index (χ2n) is 7.23. The Morgan fingerprint density at radius 3 is 2.53 bits per heavy atom. The molecule has 0 spiro atoms. The van der Waals surface area contributed by atoms with E-state index in [2.05, 4.69) is 21.8 Å². The molecule has 7 heteroatoms. The first kappa shape index (κ1) is 20.5. The number of rotatable bonds is 8. The van der Waals surface area contributed by atoms with Crippen LogP contribution in [-0.4, -0.2) is 66.9 Å². The average molecular weight is 424 g/mol. The lowest BCUT2D eigenvalue weighted by Gasteiger charge is -2.32. The van der Waals surface area contributed by atoms with Gasteiger partial charge in [-0.05, 0) is 54.9 Å². The van der Waals surface area contributed by atoms with Crippen molar-refractivity contribution in [3.05, 3.63) is 70.5 Å². The van der Waals surface area contributed by atoms with Crippen LogP contribution in [0.5, 0.6) is 17.4 Å². The molecule has 1 aliphatic heterocycles. The van der Waals surface area contributed by atoms with Gasteiger partial charge in [0.05, 0.1) is 10.4 Å². The predicted octanol–water partition coefficient (Wildman–Crippen LogP) is 3.79. The van der Waals surface area contributed by atoms with Gasteiger partial charge in [-0.25, -0.2) is 4.98 Å². The molecule has 3 aromatic rings. The fourth-order valence-electron chi connectivity index (χ4n) is 3.27. The van der Waals surface area contributed by atoms with E-state index in [1.807, 2.05) is 35.7 Å². The first-order valence-electron chi connectivity index (χ1n) is 10.0. The van der Waals surface area contributed by atoms with Crippen LogP contribution >= 0.6 is 11.3 Å². The van der Waals surface area contributed by atoms with E-state index >= 15 is 0 Å². The summed E-state index contributed by atoms with van der Waals surface area (Å²) >= 11 is 1.41.